The van der Waals surface area contributed by atoms with Crippen molar-refractivity contribution in [2.45, 2.75) is 45.3 Å². The van der Waals surface area contributed by atoms with Crippen LogP contribution in [-0.2, 0) is 4.74 Å². The Morgan fingerprint density at radius 3 is 2.49 bits per heavy atom. The highest BCUT2D eigenvalue weighted by Crippen LogP contribution is 2.28. The molecule has 4 rings (SSSR count). The van der Waals surface area contributed by atoms with Crippen molar-refractivity contribution in [1.82, 2.24) is 19.7 Å². The number of likely N-dealkylation sites (tertiary alicyclic amines) is 1. The largest absolute Gasteiger partial charge is 0.444 e. The highest BCUT2D eigenvalue weighted by molar-refractivity contribution is 6.09. The van der Waals surface area contributed by atoms with E-state index in [0.29, 0.717) is 24.5 Å². The molecule has 0 aliphatic carbocycles. The summed E-state index contributed by atoms with van der Waals surface area (Å²) >= 11 is 0. The number of para-hydroxylation sites is 2. The third kappa shape index (κ3) is 5.71. The van der Waals surface area contributed by atoms with Crippen LogP contribution in [0.4, 0.5) is 22.0 Å². The Kier molecular flexibility index (Phi) is 6.63. The van der Waals surface area contributed by atoms with Gasteiger partial charge in [-0.15, -0.1) is 0 Å². The van der Waals surface area contributed by atoms with Gasteiger partial charge in [-0.3, -0.25) is 9.48 Å². The lowest BCUT2D eigenvalue weighted by Gasteiger charge is -2.33. The molecule has 1 saturated heterocycles. The Hall–Kier alpha value is -4.08. The van der Waals surface area contributed by atoms with E-state index in [0.717, 1.165) is 24.0 Å². The second-order valence-corrected chi connectivity index (χ2v) is 9.61. The van der Waals surface area contributed by atoms with E-state index in [4.69, 9.17) is 16.2 Å². The molecule has 2 amide bonds. The zero-order chi connectivity index (χ0) is 25.2. The number of anilines is 3. The first-order chi connectivity index (χ1) is 16.6. The summed E-state index contributed by atoms with van der Waals surface area (Å²) in [5.41, 5.74) is 14.2. The lowest BCUT2D eigenvalue weighted by atomic mass is 10.1. The summed E-state index contributed by atoms with van der Waals surface area (Å²) in [6.07, 6.45) is 6.55. The third-order valence-electron chi connectivity index (χ3n) is 5.80. The number of nitrogens with zero attached hydrogens (tertiary/aromatic N) is 4. The molecule has 1 aliphatic heterocycles. The monoisotopic (exact) mass is 477 g/mol. The van der Waals surface area contributed by atoms with Crippen LogP contribution in [0, 0.1) is 0 Å². The molecule has 0 spiro atoms. The van der Waals surface area contributed by atoms with Crippen LogP contribution in [-0.4, -0.2) is 50.4 Å². The maximum Gasteiger partial charge on any atom is 0.410 e. The number of benzene rings is 1. The molecular formula is C25H31N7O3. The predicted molar refractivity (Wildman–Crippen MR) is 135 cm³/mol. The fourth-order valence-corrected chi connectivity index (χ4v) is 3.94. The van der Waals surface area contributed by atoms with Gasteiger partial charge in [0.2, 0.25) is 0 Å². The van der Waals surface area contributed by atoms with E-state index < -0.39 is 11.5 Å². The summed E-state index contributed by atoms with van der Waals surface area (Å²) in [5, 5.41) is 7.31. The van der Waals surface area contributed by atoms with Gasteiger partial charge in [0.1, 0.15) is 11.4 Å². The number of carbonyl (C=O) groups is 2. The first kappa shape index (κ1) is 24.1. The molecule has 0 unspecified atom stereocenters. The molecule has 3 aromatic rings. The topological polar surface area (TPSA) is 141 Å². The van der Waals surface area contributed by atoms with Crippen molar-refractivity contribution in [2.24, 2.45) is 0 Å². The Balaban J connectivity index is 1.44. The Morgan fingerprint density at radius 1 is 1.09 bits per heavy atom. The first-order valence-electron chi connectivity index (χ1n) is 11.5. The van der Waals surface area contributed by atoms with Crippen molar-refractivity contribution in [2.75, 3.05) is 29.9 Å². The van der Waals surface area contributed by atoms with Crippen molar-refractivity contribution in [3.05, 3.63) is 54.5 Å². The van der Waals surface area contributed by atoms with Crippen LogP contribution in [0.15, 0.2) is 48.9 Å². The SMILES string of the molecule is CC(C)(C)OC(=O)N1CCC(n2cc(-c3cnc(N)c(C(=O)Nc4ccccc4N)c3)cn2)CC1. The zero-order valence-corrected chi connectivity index (χ0v) is 20.2. The Morgan fingerprint density at radius 2 is 1.80 bits per heavy atom. The molecule has 1 fully saturated rings. The number of aromatic nitrogens is 3. The quantitative estimate of drug-likeness (QED) is 0.483. The van der Waals surface area contributed by atoms with E-state index in [9.17, 15) is 9.59 Å². The van der Waals surface area contributed by atoms with Gasteiger partial charge < -0.3 is 26.4 Å². The van der Waals surface area contributed by atoms with Gasteiger partial charge in [-0.1, -0.05) is 12.1 Å². The highest BCUT2D eigenvalue weighted by Gasteiger charge is 2.28. The normalized spacial score (nSPS) is 14.5. The summed E-state index contributed by atoms with van der Waals surface area (Å²) in [6.45, 7) is 6.79. The fourth-order valence-electron chi connectivity index (χ4n) is 3.94. The number of nitrogens with two attached hydrogens (primary N) is 2. The number of hydrogen-bond donors (Lipinski definition) is 3. The number of nitrogens with one attached hydrogen (secondary N) is 1. The number of nitrogen functional groups attached to an aromatic ring is 2. The number of ether oxygens (including phenoxy) is 1. The summed E-state index contributed by atoms with van der Waals surface area (Å²) in [5.74, 6) is -0.265. The zero-order valence-electron chi connectivity index (χ0n) is 20.2. The van der Waals surface area contributed by atoms with Crippen LogP contribution in [0.1, 0.15) is 50.0 Å². The minimum Gasteiger partial charge on any atom is -0.444 e. The van der Waals surface area contributed by atoms with Gasteiger partial charge in [-0.05, 0) is 51.8 Å². The Labute approximate surface area is 204 Å². The second kappa shape index (κ2) is 9.65. The van der Waals surface area contributed by atoms with Crippen LogP contribution in [0.5, 0.6) is 0 Å². The average molecular weight is 478 g/mol. The van der Waals surface area contributed by atoms with Crippen molar-refractivity contribution >= 4 is 29.2 Å². The number of carbonyl (C=O) groups excluding carboxylic acids is 2. The standard InChI is InChI=1S/C25H31N7O3/c1-25(2,3)35-24(34)31-10-8-18(9-11-31)32-15-17(14-29-32)16-12-19(22(27)28-13-16)23(33)30-21-7-5-4-6-20(21)26/h4-7,12-15,18H,8-11,26H2,1-3H3,(H2,27,28)(H,30,33). The number of amides is 2. The molecule has 0 radical (unpaired) electrons. The molecule has 10 nitrogen and oxygen atoms in total. The molecule has 5 N–H and O–H groups in total. The molecule has 184 valence electrons. The van der Waals surface area contributed by atoms with E-state index in [1.54, 1.807) is 47.6 Å². The lowest BCUT2D eigenvalue weighted by Crippen LogP contribution is -2.42. The van der Waals surface area contributed by atoms with Gasteiger partial charge in [0.15, 0.2) is 0 Å². The number of piperidine rings is 1. The second-order valence-electron chi connectivity index (χ2n) is 9.61. The van der Waals surface area contributed by atoms with Crippen molar-refractivity contribution in [3.8, 4) is 11.1 Å². The number of pyridine rings is 1. The molecule has 35 heavy (non-hydrogen) atoms. The smallest absolute Gasteiger partial charge is 0.410 e. The summed E-state index contributed by atoms with van der Waals surface area (Å²) in [6, 6.07) is 8.87. The van der Waals surface area contributed by atoms with Crippen LogP contribution in [0.2, 0.25) is 0 Å². The van der Waals surface area contributed by atoms with Crippen LogP contribution in [0.3, 0.4) is 0 Å². The summed E-state index contributed by atoms with van der Waals surface area (Å²) in [4.78, 5) is 31.1. The molecule has 0 bridgehead atoms. The van der Waals surface area contributed by atoms with Crippen molar-refractivity contribution < 1.29 is 14.3 Å². The van der Waals surface area contributed by atoms with Gasteiger partial charge >= 0.3 is 6.09 Å². The van der Waals surface area contributed by atoms with E-state index in [1.165, 1.54) is 0 Å². The van der Waals surface area contributed by atoms with Gasteiger partial charge in [-0.25, -0.2) is 9.78 Å². The maximum atomic E-state index is 12.8. The molecule has 0 saturated carbocycles. The van der Waals surface area contributed by atoms with Crippen molar-refractivity contribution in [3.63, 3.8) is 0 Å². The third-order valence-corrected chi connectivity index (χ3v) is 5.80. The molecule has 1 aliphatic rings. The van der Waals surface area contributed by atoms with Gasteiger partial charge in [0.25, 0.3) is 5.91 Å². The number of hydrogen-bond acceptors (Lipinski definition) is 7. The van der Waals surface area contributed by atoms with Gasteiger partial charge in [0.05, 0.1) is 29.2 Å². The molecule has 1 aromatic carbocycles. The molecule has 3 heterocycles. The molecule has 2 aromatic heterocycles. The van der Waals surface area contributed by atoms with E-state index in [-0.39, 0.29) is 23.5 Å². The van der Waals surface area contributed by atoms with Crippen molar-refractivity contribution in [1.29, 1.82) is 0 Å². The van der Waals surface area contributed by atoms with E-state index >= 15 is 0 Å². The minimum absolute atomic E-state index is 0.127. The maximum absolute atomic E-state index is 12.8. The van der Waals surface area contributed by atoms with Gasteiger partial charge in [0, 0.05) is 36.6 Å². The first-order valence-corrected chi connectivity index (χ1v) is 11.5. The lowest BCUT2D eigenvalue weighted by molar-refractivity contribution is 0.0184. The number of rotatable bonds is 4. The molecule has 0 atom stereocenters. The summed E-state index contributed by atoms with van der Waals surface area (Å²) in [7, 11) is 0. The Bertz CT molecular complexity index is 1220. The van der Waals surface area contributed by atoms with Crippen LogP contribution in [0.25, 0.3) is 11.1 Å². The fraction of sp³-hybridized carbons (Fsp3) is 0.360. The average Bonchev–Trinajstić information content (AvgIpc) is 3.30. The molecule has 10 heteroatoms. The summed E-state index contributed by atoms with van der Waals surface area (Å²) < 4.78 is 7.38. The van der Waals surface area contributed by atoms with Gasteiger partial charge in [-0.2, -0.15) is 5.10 Å². The van der Waals surface area contributed by atoms with Crippen LogP contribution >= 0.6 is 0 Å². The molecular weight excluding hydrogens is 446 g/mol. The minimum atomic E-state index is -0.513. The van der Waals surface area contributed by atoms with Crippen LogP contribution < -0.4 is 16.8 Å². The van der Waals surface area contributed by atoms with E-state index in [1.807, 2.05) is 31.6 Å². The predicted octanol–water partition coefficient (Wildman–Crippen LogP) is 3.93. The van der Waals surface area contributed by atoms with E-state index in [2.05, 4.69) is 15.4 Å². The highest BCUT2D eigenvalue weighted by atomic mass is 16.6.